The second-order valence-electron chi connectivity index (χ2n) is 5.70. The molecule has 1 atom stereocenters. The molecule has 2 aliphatic rings. The predicted octanol–water partition coefficient (Wildman–Crippen LogP) is 5.44. The van der Waals surface area contributed by atoms with Crippen LogP contribution in [0.15, 0.2) is 43.1 Å². The molecule has 2 heteroatoms. The fraction of sp³-hybridized carbons (Fsp3) is 0.556. The Balaban J connectivity index is 1.90. The number of allylic oxidation sites excluding steroid dienone is 8. The van der Waals surface area contributed by atoms with Crippen LogP contribution < -0.4 is 0 Å². The molecule has 0 spiro atoms. The van der Waals surface area contributed by atoms with Gasteiger partial charge in [0.15, 0.2) is 0 Å². The second kappa shape index (κ2) is 8.94. The Morgan fingerprint density at radius 1 is 1.10 bits per heavy atom. The number of hydrogen-bond donors (Lipinski definition) is 0. The number of rotatable bonds is 9. The molecule has 0 saturated carbocycles. The summed E-state index contributed by atoms with van der Waals surface area (Å²) in [5.74, 6) is 0.764. The van der Waals surface area contributed by atoms with Crippen molar-refractivity contribution in [2.45, 2.75) is 52.4 Å². The molecule has 0 aromatic heterocycles. The topological polar surface area (TPSA) is 9.23 Å². The molecule has 1 nitrogen and oxygen atoms in total. The van der Waals surface area contributed by atoms with Crippen LogP contribution in [0.25, 0.3) is 0 Å². The minimum atomic E-state index is -2.17. The summed E-state index contributed by atoms with van der Waals surface area (Å²) >= 11 is -2.17. The van der Waals surface area contributed by atoms with Gasteiger partial charge in [-0.2, -0.15) is 0 Å². The molecule has 0 heterocycles. The van der Waals surface area contributed by atoms with Crippen LogP contribution in [0.3, 0.4) is 0 Å². The van der Waals surface area contributed by atoms with E-state index in [1.54, 1.807) is 6.66 Å². The van der Waals surface area contributed by atoms with Gasteiger partial charge in [-0.3, -0.25) is 0 Å². The maximum atomic E-state index is 6.56. The first kappa shape index (κ1) is 16.2. The van der Waals surface area contributed by atoms with Gasteiger partial charge in [0.25, 0.3) is 0 Å². The third-order valence-electron chi connectivity index (χ3n) is 4.13. The third-order valence-corrected chi connectivity index (χ3v) is 12.6. The fourth-order valence-corrected chi connectivity index (χ4v) is 10.9. The Hall–Kier alpha value is -0.210. The summed E-state index contributed by atoms with van der Waals surface area (Å²) in [7, 11) is 0. The molecule has 0 radical (unpaired) electrons. The number of unbranched alkanes of at least 4 members (excludes halogenated alkanes) is 1. The molecule has 0 aromatic carbocycles. The zero-order valence-electron chi connectivity index (χ0n) is 12.9. The van der Waals surface area contributed by atoms with Gasteiger partial charge < -0.3 is 0 Å². The molecule has 1 unspecified atom stereocenters. The van der Waals surface area contributed by atoms with Crippen LogP contribution in [0.5, 0.6) is 0 Å². The molecule has 0 fully saturated rings. The van der Waals surface area contributed by atoms with E-state index in [0.29, 0.717) is 0 Å². The molecule has 2 rings (SSSR count). The average Bonchev–Trinajstić information content (AvgIpc) is 3.16. The first-order chi connectivity index (χ1) is 9.85. The maximum absolute atomic E-state index is 6.56. The first-order valence-electron chi connectivity index (χ1n) is 8.07. The van der Waals surface area contributed by atoms with E-state index in [9.17, 15) is 0 Å². The van der Waals surface area contributed by atoms with Gasteiger partial charge in [-0.05, 0) is 0 Å². The van der Waals surface area contributed by atoms with Crippen molar-refractivity contribution in [2.24, 2.45) is 5.92 Å². The first-order valence-corrected chi connectivity index (χ1v) is 13.1. The summed E-state index contributed by atoms with van der Waals surface area (Å²) in [6, 6.07) is 0. The summed E-state index contributed by atoms with van der Waals surface area (Å²) in [6.45, 7) is 5.58. The van der Waals surface area contributed by atoms with Gasteiger partial charge in [0.2, 0.25) is 0 Å². The molecule has 2 aliphatic carbocycles. The summed E-state index contributed by atoms with van der Waals surface area (Å²) < 4.78 is 9.83. The van der Waals surface area contributed by atoms with E-state index in [0.717, 1.165) is 25.4 Å². The zero-order valence-corrected chi connectivity index (χ0v) is 16.5. The Morgan fingerprint density at radius 2 is 1.75 bits per heavy atom. The van der Waals surface area contributed by atoms with Crippen LogP contribution >= 0.6 is 0 Å². The van der Waals surface area contributed by atoms with Crippen LogP contribution in [0.4, 0.5) is 0 Å². The third kappa shape index (κ3) is 4.66. The average molecular weight is 438 g/mol. The number of hydrogen-bond acceptors (Lipinski definition) is 1. The summed E-state index contributed by atoms with van der Waals surface area (Å²) in [5, 5.41) is 0. The quantitative estimate of drug-likeness (QED) is 0.436. The summed E-state index contributed by atoms with van der Waals surface area (Å²) in [6.07, 6.45) is 21.2. The van der Waals surface area contributed by atoms with E-state index in [-0.39, 0.29) is 0 Å². The van der Waals surface area contributed by atoms with Gasteiger partial charge in [0.1, 0.15) is 0 Å². The van der Waals surface area contributed by atoms with Crippen molar-refractivity contribution in [1.82, 2.24) is 0 Å². The van der Waals surface area contributed by atoms with E-state index in [1.165, 1.54) is 25.7 Å². The van der Waals surface area contributed by atoms with E-state index in [2.05, 4.69) is 50.3 Å². The van der Waals surface area contributed by atoms with Crippen molar-refractivity contribution < 1.29 is 24.7 Å². The molecule has 109 valence electrons. The molecule has 0 bridgehead atoms. The molecule has 0 amide bonds. The zero-order chi connectivity index (χ0) is 14.2. The van der Waals surface area contributed by atoms with Crippen LogP contribution in [0.2, 0.25) is 0 Å². The van der Waals surface area contributed by atoms with Gasteiger partial charge in [0.05, 0.1) is 0 Å². The standard InChI is InChI=1S/C8H17O.2C5H5.Hf/c1-3-5-6-8(4-2)7-9;2*1-2-4-5-3-1;/h8H,3-7H2,1-2H3;2*1-3H,4H2;/q-1;;;+1. The molecular formula is C18H27HfO. The molecule has 0 N–H and O–H groups in total. The minimum absolute atomic E-state index is 0.764. The fourth-order valence-electron chi connectivity index (χ4n) is 2.72. The van der Waals surface area contributed by atoms with Crippen LogP contribution in [0, 0.1) is 5.92 Å². The van der Waals surface area contributed by atoms with Crippen molar-refractivity contribution >= 4 is 0 Å². The van der Waals surface area contributed by atoms with E-state index in [1.807, 2.05) is 0 Å². The summed E-state index contributed by atoms with van der Waals surface area (Å²) in [4.78, 5) is 0. The van der Waals surface area contributed by atoms with Crippen molar-refractivity contribution in [3.8, 4) is 0 Å². The molecule has 0 aliphatic heterocycles. The SMILES string of the molecule is CCCCC(CC)C[O][Hf]([C]1=CC=CC1)[C]1=CC=CC1. The summed E-state index contributed by atoms with van der Waals surface area (Å²) in [5.41, 5.74) is 0. The predicted molar refractivity (Wildman–Crippen MR) is 82.9 cm³/mol. The molecular weight excluding hydrogens is 411 g/mol. The molecule has 0 saturated heterocycles. The molecule has 20 heavy (non-hydrogen) atoms. The Bertz CT molecular complexity index is 387. The van der Waals surface area contributed by atoms with Crippen LogP contribution in [-0.2, 0) is 24.7 Å². The second-order valence-corrected chi connectivity index (χ2v) is 13.7. The van der Waals surface area contributed by atoms with Gasteiger partial charge in [0, 0.05) is 0 Å². The van der Waals surface area contributed by atoms with Gasteiger partial charge >= 0.3 is 133 Å². The van der Waals surface area contributed by atoms with E-state index in [4.69, 9.17) is 2.85 Å². The van der Waals surface area contributed by atoms with Gasteiger partial charge in [-0.25, -0.2) is 0 Å². The van der Waals surface area contributed by atoms with Crippen molar-refractivity contribution in [3.05, 3.63) is 43.1 Å². The van der Waals surface area contributed by atoms with Crippen molar-refractivity contribution in [1.29, 1.82) is 0 Å². The van der Waals surface area contributed by atoms with Crippen molar-refractivity contribution in [3.63, 3.8) is 0 Å². The van der Waals surface area contributed by atoms with E-state index < -0.39 is 21.9 Å². The molecule has 0 aromatic rings. The normalized spacial score (nSPS) is 18.3. The van der Waals surface area contributed by atoms with Crippen molar-refractivity contribution in [2.75, 3.05) is 6.61 Å². The van der Waals surface area contributed by atoms with E-state index >= 15 is 0 Å². The van der Waals surface area contributed by atoms with Gasteiger partial charge in [-0.1, -0.05) is 0 Å². The van der Waals surface area contributed by atoms with Crippen LogP contribution in [0.1, 0.15) is 52.4 Å². The van der Waals surface area contributed by atoms with Crippen LogP contribution in [-0.4, -0.2) is 6.61 Å². The monoisotopic (exact) mass is 439 g/mol. The Labute approximate surface area is 132 Å². The Kier molecular flexibility index (Phi) is 7.23. The Morgan fingerprint density at radius 3 is 2.20 bits per heavy atom. The van der Waals surface area contributed by atoms with Gasteiger partial charge in [-0.15, -0.1) is 0 Å².